The molecule has 1 heterocycles. The summed E-state index contributed by atoms with van der Waals surface area (Å²) in [6, 6.07) is 1.40. The monoisotopic (exact) mass is 207 g/mol. The Morgan fingerprint density at radius 1 is 1.67 bits per heavy atom. The smallest absolute Gasteiger partial charge is 0.197 e. The van der Waals surface area contributed by atoms with Crippen LogP contribution in [0.2, 0.25) is 5.15 Å². The molecule has 0 unspecified atom stereocenters. The van der Waals surface area contributed by atoms with Crippen molar-refractivity contribution < 1.29 is 0 Å². The number of rotatable bonds is 0. The fraction of sp³-hybridized carbons (Fsp3) is 0. The van der Waals surface area contributed by atoms with Crippen LogP contribution in [-0.2, 0) is 0 Å². The van der Waals surface area contributed by atoms with Crippen molar-refractivity contribution in [1.29, 1.82) is 0 Å². The van der Waals surface area contributed by atoms with E-state index in [0.717, 1.165) is 0 Å². The second-order valence-electron chi connectivity index (χ2n) is 1.47. The summed E-state index contributed by atoms with van der Waals surface area (Å²) >= 11 is 8.51. The molecule has 0 spiro atoms. The van der Waals surface area contributed by atoms with Crippen molar-refractivity contribution >= 4 is 27.5 Å². The number of aromatic amines is 1. The van der Waals surface area contributed by atoms with E-state index in [1.54, 1.807) is 0 Å². The van der Waals surface area contributed by atoms with Gasteiger partial charge in [0, 0.05) is 12.3 Å². The molecule has 1 aromatic rings. The summed E-state index contributed by atoms with van der Waals surface area (Å²) in [5, 5.41) is 0.336. The second-order valence-corrected chi connectivity index (χ2v) is 2.64. The molecule has 0 bridgehead atoms. The molecular weight excluding hydrogens is 205 g/mol. The van der Waals surface area contributed by atoms with Crippen LogP contribution in [0.15, 0.2) is 21.5 Å². The zero-order valence-electron chi connectivity index (χ0n) is 4.32. The third-order valence-corrected chi connectivity index (χ3v) is 2.17. The van der Waals surface area contributed by atoms with Crippen molar-refractivity contribution in [3.8, 4) is 0 Å². The average molecular weight is 208 g/mol. The third kappa shape index (κ3) is 1.34. The molecule has 0 aliphatic rings. The van der Waals surface area contributed by atoms with E-state index in [9.17, 15) is 4.79 Å². The van der Waals surface area contributed by atoms with Gasteiger partial charge in [-0.3, -0.25) is 4.79 Å². The van der Waals surface area contributed by atoms with E-state index in [4.69, 9.17) is 11.6 Å². The van der Waals surface area contributed by atoms with Gasteiger partial charge in [-0.1, -0.05) is 11.6 Å². The predicted octanol–water partition coefficient (Wildman–Crippen LogP) is 1.79. The van der Waals surface area contributed by atoms with Crippen LogP contribution in [0, 0.1) is 0 Å². The van der Waals surface area contributed by atoms with Crippen molar-refractivity contribution in [1.82, 2.24) is 4.98 Å². The lowest BCUT2D eigenvalue weighted by molar-refractivity contribution is 1.28. The van der Waals surface area contributed by atoms with Crippen LogP contribution in [0.25, 0.3) is 0 Å². The Morgan fingerprint density at radius 3 is 2.78 bits per heavy atom. The molecule has 0 radical (unpaired) electrons. The van der Waals surface area contributed by atoms with Gasteiger partial charge in [0.05, 0.1) is 0 Å². The minimum absolute atomic E-state index is 0.112. The van der Waals surface area contributed by atoms with Crippen molar-refractivity contribution in [2.24, 2.45) is 0 Å². The number of pyridine rings is 1. The number of hydrogen-bond acceptors (Lipinski definition) is 1. The molecule has 48 valence electrons. The zero-order chi connectivity index (χ0) is 6.85. The Bertz CT molecular complexity index is 270. The quantitative estimate of drug-likeness (QED) is 0.648. The van der Waals surface area contributed by atoms with Gasteiger partial charge in [-0.25, -0.2) is 0 Å². The molecule has 0 atom stereocenters. The Hall–Kier alpha value is -0.280. The maximum atomic E-state index is 10.7. The fourth-order valence-corrected chi connectivity index (χ4v) is 0.838. The van der Waals surface area contributed by atoms with E-state index in [1.807, 2.05) is 0 Å². The number of H-pyrrole nitrogens is 1. The molecule has 4 heteroatoms. The molecule has 0 amide bonds. The number of hydrogen-bond donors (Lipinski definition) is 1. The molecule has 1 rings (SSSR count). The average Bonchev–Trinajstić information content (AvgIpc) is 1.83. The summed E-state index contributed by atoms with van der Waals surface area (Å²) in [6.45, 7) is 0. The van der Waals surface area contributed by atoms with Crippen LogP contribution in [0.5, 0.6) is 0 Å². The highest BCUT2D eigenvalue weighted by atomic mass is 79.9. The Balaban J connectivity index is 3.43. The summed E-state index contributed by atoms with van der Waals surface area (Å²) in [5.41, 5.74) is -0.112. The lowest BCUT2D eigenvalue weighted by Crippen LogP contribution is -1.99. The third-order valence-electron chi connectivity index (χ3n) is 0.854. The summed E-state index contributed by atoms with van der Waals surface area (Å²) in [4.78, 5) is 13.3. The summed E-state index contributed by atoms with van der Waals surface area (Å²) in [7, 11) is 0. The van der Waals surface area contributed by atoms with Gasteiger partial charge in [-0.15, -0.1) is 0 Å². The molecule has 0 saturated heterocycles. The van der Waals surface area contributed by atoms with Gasteiger partial charge in [-0.2, -0.15) is 0 Å². The lowest BCUT2D eigenvalue weighted by Gasteiger charge is -1.89. The van der Waals surface area contributed by atoms with Crippen LogP contribution in [0.1, 0.15) is 0 Å². The van der Waals surface area contributed by atoms with Gasteiger partial charge in [0.15, 0.2) is 5.43 Å². The standard InChI is InChI=1S/C5H3BrClNO/c6-4-3(9)1-2-8-5(4)7/h1-2H,(H,8,9). The lowest BCUT2D eigenvalue weighted by atomic mass is 10.5. The molecule has 0 saturated carbocycles. The number of nitrogens with one attached hydrogen (secondary N) is 1. The van der Waals surface area contributed by atoms with E-state index in [0.29, 0.717) is 9.63 Å². The Morgan fingerprint density at radius 2 is 2.33 bits per heavy atom. The molecule has 2 nitrogen and oxygen atoms in total. The van der Waals surface area contributed by atoms with Crippen LogP contribution in [-0.4, -0.2) is 4.98 Å². The van der Waals surface area contributed by atoms with Crippen molar-refractivity contribution in [2.45, 2.75) is 0 Å². The van der Waals surface area contributed by atoms with Crippen LogP contribution in [0.4, 0.5) is 0 Å². The van der Waals surface area contributed by atoms with Gasteiger partial charge < -0.3 is 4.98 Å². The van der Waals surface area contributed by atoms with Gasteiger partial charge in [0.1, 0.15) is 9.63 Å². The first-order valence-corrected chi connectivity index (χ1v) is 3.41. The Labute approximate surface area is 65.0 Å². The maximum absolute atomic E-state index is 10.7. The van der Waals surface area contributed by atoms with Crippen LogP contribution < -0.4 is 5.43 Å². The summed E-state index contributed by atoms with van der Waals surface area (Å²) < 4.78 is 0.381. The van der Waals surface area contributed by atoms with Crippen molar-refractivity contribution in [2.75, 3.05) is 0 Å². The van der Waals surface area contributed by atoms with Gasteiger partial charge in [0.2, 0.25) is 0 Å². The zero-order valence-corrected chi connectivity index (χ0v) is 6.66. The Kier molecular flexibility index (Phi) is 1.93. The molecule has 1 N–H and O–H groups in total. The SMILES string of the molecule is O=c1cc[nH]c(Cl)c1Br. The maximum Gasteiger partial charge on any atom is 0.197 e. The molecule has 0 aromatic carbocycles. The van der Waals surface area contributed by atoms with E-state index >= 15 is 0 Å². The molecule has 1 aromatic heterocycles. The van der Waals surface area contributed by atoms with Gasteiger partial charge in [-0.05, 0) is 15.9 Å². The molecule has 0 fully saturated rings. The van der Waals surface area contributed by atoms with Gasteiger partial charge >= 0.3 is 0 Å². The summed E-state index contributed by atoms with van der Waals surface area (Å²) in [6.07, 6.45) is 1.50. The van der Waals surface area contributed by atoms with Crippen LogP contribution in [0.3, 0.4) is 0 Å². The van der Waals surface area contributed by atoms with E-state index in [2.05, 4.69) is 20.9 Å². The first kappa shape index (κ1) is 6.83. The highest BCUT2D eigenvalue weighted by molar-refractivity contribution is 9.10. The molecule has 9 heavy (non-hydrogen) atoms. The normalized spacial score (nSPS) is 9.56. The van der Waals surface area contributed by atoms with Crippen LogP contribution >= 0.6 is 27.5 Å². The number of halogens is 2. The minimum atomic E-state index is -0.112. The van der Waals surface area contributed by atoms with Crippen molar-refractivity contribution in [3.63, 3.8) is 0 Å². The van der Waals surface area contributed by atoms with E-state index in [1.165, 1.54) is 12.3 Å². The second kappa shape index (κ2) is 2.54. The molecule has 0 aliphatic heterocycles. The summed E-state index contributed by atoms with van der Waals surface area (Å²) in [5.74, 6) is 0. The minimum Gasteiger partial charge on any atom is -0.351 e. The fourth-order valence-electron chi connectivity index (χ4n) is 0.435. The first-order chi connectivity index (χ1) is 4.22. The highest BCUT2D eigenvalue weighted by Crippen LogP contribution is 2.12. The molecular formula is C5H3BrClNO. The van der Waals surface area contributed by atoms with E-state index < -0.39 is 0 Å². The first-order valence-electron chi connectivity index (χ1n) is 2.24. The number of aromatic nitrogens is 1. The topological polar surface area (TPSA) is 32.9 Å². The van der Waals surface area contributed by atoms with Crippen molar-refractivity contribution in [3.05, 3.63) is 32.1 Å². The van der Waals surface area contributed by atoms with Gasteiger partial charge in [0.25, 0.3) is 0 Å². The molecule has 0 aliphatic carbocycles. The predicted molar refractivity (Wildman–Crippen MR) is 39.8 cm³/mol. The largest absolute Gasteiger partial charge is 0.351 e. The highest BCUT2D eigenvalue weighted by Gasteiger charge is 1.97. The van der Waals surface area contributed by atoms with E-state index in [-0.39, 0.29) is 5.43 Å².